The van der Waals surface area contributed by atoms with Gasteiger partial charge in [-0.2, -0.15) is 5.10 Å². The number of aromatic nitrogens is 2. The van der Waals surface area contributed by atoms with Crippen molar-refractivity contribution in [3.8, 4) is 11.4 Å². The Morgan fingerprint density at radius 1 is 0.970 bits per heavy atom. The molecule has 0 aliphatic heterocycles. The van der Waals surface area contributed by atoms with Crippen LogP contribution in [0.1, 0.15) is 21.9 Å². The lowest BCUT2D eigenvalue weighted by molar-refractivity contribution is 0.0749. The van der Waals surface area contributed by atoms with Crippen LogP contribution < -0.4 is 4.74 Å². The van der Waals surface area contributed by atoms with E-state index in [-0.39, 0.29) is 18.3 Å². The highest BCUT2D eigenvalue weighted by Gasteiger charge is 2.17. The molecule has 3 aromatic carbocycles. The van der Waals surface area contributed by atoms with Crippen LogP contribution in [0.4, 0.5) is 0 Å². The van der Waals surface area contributed by atoms with E-state index in [1.165, 1.54) is 0 Å². The van der Waals surface area contributed by atoms with Gasteiger partial charge in [0.05, 0.1) is 11.9 Å². The monoisotopic (exact) mass is 437 g/mol. The summed E-state index contributed by atoms with van der Waals surface area (Å²) >= 11 is 0. The Balaban J connectivity index is 1.20. The number of amides is 1. The van der Waals surface area contributed by atoms with Crippen LogP contribution in [0.5, 0.6) is 5.75 Å². The van der Waals surface area contributed by atoms with E-state index in [1.807, 2.05) is 72.9 Å². The average molecular weight is 437 g/mol. The molecule has 0 N–H and O–H groups in total. The fourth-order valence-electron chi connectivity index (χ4n) is 3.68. The van der Waals surface area contributed by atoms with Gasteiger partial charge < -0.3 is 14.1 Å². The molecule has 0 aliphatic carbocycles. The number of fused-ring (bicyclic) bond motifs is 1. The fourth-order valence-corrected chi connectivity index (χ4v) is 3.68. The molecule has 1 amide bonds. The van der Waals surface area contributed by atoms with Crippen LogP contribution in [0.2, 0.25) is 0 Å². The molecule has 2 heterocycles. The first kappa shape index (κ1) is 20.6. The molecular formula is C27H23N3O3. The van der Waals surface area contributed by atoms with E-state index in [1.54, 1.807) is 35.0 Å². The number of hydrogen-bond donors (Lipinski definition) is 0. The zero-order valence-corrected chi connectivity index (χ0v) is 18.2. The number of rotatable bonds is 7. The summed E-state index contributed by atoms with van der Waals surface area (Å²) in [7, 11) is 1.75. The quantitative estimate of drug-likeness (QED) is 0.339. The number of carbonyl (C=O) groups excluding carboxylic acids is 1. The van der Waals surface area contributed by atoms with E-state index >= 15 is 0 Å². The number of benzene rings is 3. The third-order valence-electron chi connectivity index (χ3n) is 5.40. The maximum atomic E-state index is 12.8. The first-order chi connectivity index (χ1) is 16.2. The summed E-state index contributed by atoms with van der Waals surface area (Å²) < 4.78 is 13.4. The molecule has 5 rings (SSSR count). The molecule has 0 unspecified atom stereocenters. The minimum Gasteiger partial charge on any atom is -0.486 e. The lowest BCUT2D eigenvalue weighted by Gasteiger charge is -2.14. The number of carbonyl (C=O) groups is 1. The second-order valence-corrected chi connectivity index (χ2v) is 7.85. The Kier molecular flexibility index (Phi) is 5.64. The lowest BCUT2D eigenvalue weighted by atomic mass is 10.1. The second kappa shape index (κ2) is 9.04. The summed E-state index contributed by atoms with van der Waals surface area (Å²) in [5.41, 5.74) is 1.90. The molecule has 0 saturated carbocycles. The van der Waals surface area contributed by atoms with E-state index in [0.717, 1.165) is 27.8 Å². The standard InChI is InChI=1S/C27H23N3O3/c1-29(17-20-16-28-30(18-20)23-9-3-2-4-10-23)27(31)26-14-13-25(33-26)19-32-24-12-11-21-7-5-6-8-22(21)15-24/h2-16,18H,17,19H2,1H3. The maximum absolute atomic E-state index is 12.8. The fraction of sp³-hybridized carbons (Fsp3) is 0.111. The average Bonchev–Trinajstić information content (AvgIpc) is 3.52. The number of hydrogen-bond acceptors (Lipinski definition) is 4. The van der Waals surface area contributed by atoms with E-state index in [4.69, 9.17) is 9.15 Å². The number of ether oxygens (including phenoxy) is 1. The Morgan fingerprint density at radius 2 is 1.76 bits per heavy atom. The van der Waals surface area contributed by atoms with Gasteiger partial charge in [0, 0.05) is 25.4 Å². The minimum absolute atomic E-state index is 0.195. The molecule has 33 heavy (non-hydrogen) atoms. The van der Waals surface area contributed by atoms with Crippen molar-refractivity contribution in [2.45, 2.75) is 13.2 Å². The molecular weight excluding hydrogens is 414 g/mol. The first-order valence-corrected chi connectivity index (χ1v) is 10.7. The van der Waals surface area contributed by atoms with Crippen molar-refractivity contribution in [2.75, 3.05) is 7.05 Å². The summed E-state index contributed by atoms with van der Waals surface area (Å²) in [6.07, 6.45) is 3.69. The highest BCUT2D eigenvalue weighted by Crippen LogP contribution is 2.22. The SMILES string of the molecule is CN(Cc1cnn(-c2ccccc2)c1)C(=O)c1ccc(COc2ccc3ccccc3c2)o1. The topological polar surface area (TPSA) is 60.5 Å². The normalized spacial score (nSPS) is 10.9. The molecule has 2 aromatic heterocycles. The van der Waals surface area contributed by atoms with Gasteiger partial charge in [-0.25, -0.2) is 4.68 Å². The van der Waals surface area contributed by atoms with Gasteiger partial charge >= 0.3 is 0 Å². The Hall–Kier alpha value is -4.32. The van der Waals surface area contributed by atoms with Gasteiger partial charge in [-0.3, -0.25) is 4.79 Å². The summed E-state index contributed by atoms with van der Waals surface area (Å²) in [5, 5.41) is 6.66. The van der Waals surface area contributed by atoms with Crippen LogP contribution in [-0.2, 0) is 13.2 Å². The van der Waals surface area contributed by atoms with Crippen LogP contribution in [0.25, 0.3) is 16.5 Å². The molecule has 0 fully saturated rings. The van der Waals surface area contributed by atoms with Crippen molar-refractivity contribution in [2.24, 2.45) is 0 Å². The Morgan fingerprint density at radius 3 is 2.61 bits per heavy atom. The number of para-hydroxylation sites is 1. The van der Waals surface area contributed by atoms with Gasteiger partial charge in [0.1, 0.15) is 18.1 Å². The van der Waals surface area contributed by atoms with Crippen molar-refractivity contribution < 1.29 is 13.9 Å². The van der Waals surface area contributed by atoms with Crippen molar-refractivity contribution in [3.05, 3.63) is 114 Å². The predicted molar refractivity (Wildman–Crippen MR) is 126 cm³/mol. The molecule has 164 valence electrons. The number of nitrogens with zero attached hydrogens (tertiary/aromatic N) is 3. The summed E-state index contributed by atoms with van der Waals surface area (Å²) in [6, 6.07) is 27.4. The van der Waals surface area contributed by atoms with Gasteiger partial charge in [-0.15, -0.1) is 0 Å². The van der Waals surface area contributed by atoms with Gasteiger partial charge in [0.15, 0.2) is 5.76 Å². The molecule has 0 spiro atoms. The van der Waals surface area contributed by atoms with E-state index < -0.39 is 0 Å². The third-order valence-corrected chi connectivity index (χ3v) is 5.40. The summed E-state index contributed by atoms with van der Waals surface area (Å²) in [6.45, 7) is 0.675. The predicted octanol–water partition coefficient (Wildman–Crippen LogP) is 5.47. The van der Waals surface area contributed by atoms with Crippen LogP contribution in [-0.4, -0.2) is 27.6 Å². The summed E-state index contributed by atoms with van der Waals surface area (Å²) in [4.78, 5) is 14.4. The first-order valence-electron chi connectivity index (χ1n) is 10.7. The molecule has 0 atom stereocenters. The van der Waals surface area contributed by atoms with Crippen molar-refractivity contribution in [3.63, 3.8) is 0 Å². The Bertz CT molecular complexity index is 1390. The second-order valence-electron chi connectivity index (χ2n) is 7.85. The van der Waals surface area contributed by atoms with E-state index in [2.05, 4.69) is 11.2 Å². The van der Waals surface area contributed by atoms with Crippen molar-refractivity contribution in [1.29, 1.82) is 0 Å². The van der Waals surface area contributed by atoms with Crippen molar-refractivity contribution >= 4 is 16.7 Å². The Labute approximate surface area is 191 Å². The van der Waals surface area contributed by atoms with Crippen LogP contribution in [0, 0.1) is 0 Å². The van der Waals surface area contributed by atoms with Crippen LogP contribution in [0.15, 0.2) is 102 Å². The van der Waals surface area contributed by atoms with Crippen molar-refractivity contribution in [1.82, 2.24) is 14.7 Å². The van der Waals surface area contributed by atoms with Gasteiger partial charge in [0.25, 0.3) is 5.91 Å². The molecule has 6 heteroatoms. The molecule has 0 saturated heterocycles. The maximum Gasteiger partial charge on any atom is 0.289 e. The minimum atomic E-state index is -0.195. The van der Waals surface area contributed by atoms with E-state index in [0.29, 0.717) is 12.3 Å². The highest BCUT2D eigenvalue weighted by molar-refractivity contribution is 5.91. The summed E-state index contributed by atoms with van der Waals surface area (Å²) in [5.74, 6) is 1.44. The molecule has 5 aromatic rings. The zero-order chi connectivity index (χ0) is 22.6. The molecule has 0 bridgehead atoms. The van der Waals surface area contributed by atoms with E-state index in [9.17, 15) is 4.79 Å². The molecule has 0 aliphatic rings. The number of furan rings is 1. The van der Waals surface area contributed by atoms with Crippen LogP contribution in [0.3, 0.4) is 0 Å². The lowest BCUT2D eigenvalue weighted by Crippen LogP contribution is -2.25. The van der Waals surface area contributed by atoms with Gasteiger partial charge in [-0.05, 0) is 47.2 Å². The largest absolute Gasteiger partial charge is 0.486 e. The smallest absolute Gasteiger partial charge is 0.289 e. The molecule has 6 nitrogen and oxygen atoms in total. The van der Waals surface area contributed by atoms with Gasteiger partial charge in [-0.1, -0.05) is 48.5 Å². The third kappa shape index (κ3) is 4.65. The van der Waals surface area contributed by atoms with Crippen LogP contribution >= 0.6 is 0 Å². The van der Waals surface area contributed by atoms with Gasteiger partial charge in [0.2, 0.25) is 0 Å². The highest BCUT2D eigenvalue weighted by atomic mass is 16.5. The zero-order valence-electron chi connectivity index (χ0n) is 18.2. The molecule has 0 radical (unpaired) electrons.